The molecule has 7 nitrogen and oxygen atoms in total. The van der Waals surface area contributed by atoms with Crippen LogP contribution < -0.4 is 0 Å². The monoisotopic (exact) mass is 232 g/mol. The van der Waals surface area contributed by atoms with Crippen molar-refractivity contribution < 1.29 is 35.7 Å². The van der Waals surface area contributed by atoms with E-state index in [0.29, 0.717) is 0 Å². The van der Waals surface area contributed by atoms with Crippen molar-refractivity contribution in [1.29, 1.82) is 0 Å². The minimum Gasteiger partial charge on any atom is -0.400 e. The molecular weight excluding hydrogens is 208 g/mol. The van der Waals surface area contributed by atoms with Crippen molar-refractivity contribution in [2.75, 3.05) is 40.1 Å². The summed E-state index contributed by atoms with van der Waals surface area (Å²) in [4.78, 5) is 0. The Morgan fingerprint density at radius 3 is 1.00 bits per heavy atom. The van der Waals surface area contributed by atoms with E-state index in [1.807, 2.05) is 0 Å². The van der Waals surface area contributed by atoms with Crippen molar-refractivity contribution in [2.45, 2.75) is 13.0 Å². The van der Waals surface area contributed by atoms with Crippen LogP contribution in [0.4, 0.5) is 0 Å². The van der Waals surface area contributed by atoms with Gasteiger partial charge in [-0.05, 0) is 6.92 Å². The van der Waals surface area contributed by atoms with Gasteiger partial charge in [0.25, 0.3) is 0 Å². The van der Waals surface area contributed by atoms with Gasteiger partial charge in [0, 0.05) is 13.7 Å². The van der Waals surface area contributed by atoms with Gasteiger partial charge >= 0.3 is 0 Å². The van der Waals surface area contributed by atoms with Crippen molar-refractivity contribution in [1.82, 2.24) is 0 Å². The molecule has 0 heterocycles. The van der Waals surface area contributed by atoms with Crippen LogP contribution in [0.5, 0.6) is 0 Å². The standard InChI is InChI=1S/C3H8O3.C2H6O2.C2H6O.CH4O/c4-1-3(6)2-5;3-1-2-4;1-2-3;1-2/h3-6H,1-2H2;3-4H,1-2H2;3H,2H2,1H3;2H,1H3. The van der Waals surface area contributed by atoms with Crippen LogP contribution in [0.3, 0.4) is 0 Å². The molecule has 0 aliphatic heterocycles. The van der Waals surface area contributed by atoms with Crippen LogP contribution in [0.1, 0.15) is 6.92 Å². The maximum atomic E-state index is 8.17. The molecule has 0 rings (SSSR count). The summed E-state index contributed by atoms with van der Waals surface area (Å²) in [5.74, 6) is 0. The van der Waals surface area contributed by atoms with Gasteiger partial charge in [0.05, 0.1) is 26.4 Å². The van der Waals surface area contributed by atoms with Gasteiger partial charge in [0.1, 0.15) is 6.10 Å². The second-order valence-electron chi connectivity index (χ2n) is 1.78. The Kier molecular flexibility index (Phi) is 59.9. The van der Waals surface area contributed by atoms with E-state index in [9.17, 15) is 0 Å². The molecule has 0 aromatic rings. The second kappa shape index (κ2) is 37.2. The predicted octanol–water partition coefficient (Wildman–Crippen LogP) is -3.09. The predicted molar refractivity (Wildman–Crippen MR) is 55.3 cm³/mol. The minimum absolute atomic E-state index is 0.125. The van der Waals surface area contributed by atoms with Crippen LogP contribution in [0.2, 0.25) is 0 Å². The molecular formula is C8H24O7. The Bertz CT molecular complexity index is 57.0. The highest BCUT2D eigenvalue weighted by Gasteiger charge is 1.93. The Morgan fingerprint density at radius 1 is 0.800 bits per heavy atom. The zero-order chi connectivity index (χ0) is 13.1. The molecule has 0 atom stereocenters. The lowest BCUT2D eigenvalue weighted by atomic mass is 10.4. The molecule has 98 valence electrons. The van der Waals surface area contributed by atoms with Crippen LogP contribution in [-0.2, 0) is 0 Å². The summed E-state index contributed by atoms with van der Waals surface area (Å²) < 4.78 is 0. The topological polar surface area (TPSA) is 142 Å². The van der Waals surface area contributed by atoms with E-state index in [2.05, 4.69) is 0 Å². The van der Waals surface area contributed by atoms with E-state index in [0.717, 1.165) is 7.11 Å². The largest absolute Gasteiger partial charge is 0.400 e. The molecule has 0 aromatic heterocycles. The molecule has 7 N–H and O–H groups in total. The molecule has 0 spiro atoms. The van der Waals surface area contributed by atoms with Gasteiger partial charge in [-0.2, -0.15) is 0 Å². The van der Waals surface area contributed by atoms with Crippen LogP contribution in [0.25, 0.3) is 0 Å². The van der Waals surface area contributed by atoms with E-state index in [-0.39, 0.29) is 33.0 Å². The number of hydrogen-bond donors (Lipinski definition) is 7. The fourth-order valence-electron chi connectivity index (χ4n) is 0.0577. The fraction of sp³-hybridized carbons (Fsp3) is 1.00. The van der Waals surface area contributed by atoms with Gasteiger partial charge in [-0.3, -0.25) is 0 Å². The third-order valence-electron chi connectivity index (χ3n) is 0.521. The average molecular weight is 232 g/mol. The molecule has 0 bridgehead atoms. The summed E-state index contributed by atoms with van der Waals surface area (Å²) in [5, 5.41) is 53.8. The number of aliphatic hydroxyl groups excluding tert-OH is 7. The van der Waals surface area contributed by atoms with Gasteiger partial charge in [0.2, 0.25) is 0 Å². The molecule has 0 saturated carbocycles. The van der Waals surface area contributed by atoms with E-state index in [1.165, 1.54) is 0 Å². The van der Waals surface area contributed by atoms with Gasteiger partial charge in [0.15, 0.2) is 0 Å². The summed E-state index contributed by atoms with van der Waals surface area (Å²) >= 11 is 0. The fourth-order valence-corrected chi connectivity index (χ4v) is 0.0577. The summed E-state index contributed by atoms with van der Waals surface area (Å²) in [5.41, 5.74) is 0. The van der Waals surface area contributed by atoms with Crippen molar-refractivity contribution in [2.24, 2.45) is 0 Å². The van der Waals surface area contributed by atoms with Crippen LogP contribution in [-0.4, -0.2) is 82.0 Å². The van der Waals surface area contributed by atoms with Crippen molar-refractivity contribution in [3.8, 4) is 0 Å². The summed E-state index contributed by atoms with van der Waals surface area (Å²) in [6.45, 7) is 0.951. The SMILES string of the molecule is CCO.CO.OCC(O)CO.OCCO. The van der Waals surface area contributed by atoms with Crippen LogP contribution in [0.15, 0.2) is 0 Å². The molecule has 7 heteroatoms. The zero-order valence-corrected chi connectivity index (χ0v) is 9.24. The van der Waals surface area contributed by atoms with Crippen molar-refractivity contribution in [3.05, 3.63) is 0 Å². The van der Waals surface area contributed by atoms with Crippen molar-refractivity contribution >= 4 is 0 Å². The maximum absolute atomic E-state index is 8.17. The summed E-state index contributed by atoms with van der Waals surface area (Å²) in [6, 6.07) is 0. The zero-order valence-electron chi connectivity index (χ0n) is 9.24. The first-order chi connectivity index (χ1) is 7.14. The normalized spacial score (nSPS) is 7.60. The quantitative estimate of drug-likeness (QED) is 0.273. The first-order valence-electron chi connectivity index (χ1n) is 4.31. The van der Waals surface area contributed by atoms with E-state index in [4.69, 9.17) is 35.7 Å². The Hall–Kier alpha value is -0.280. The second-order valence-corrected chi connectivity index (χ2v) is 1.78. The molecule has 0 saturated heterocycles. The summed E-state index contributed by atoms with van der Waals surface area (Å²) in [6.07, 6.45) is -0.954. The van der Waals surface area contributed by atoms with E-state index < -0.39 is 6.10 Å². The smallest absolute Gasteiger partial charge is 0.100 e. The highest BCUT2D eigenvalue weighted by Crippen LogP contribution is 1.71. The molecule has 0 aromatic carbocycles. The van der Waals surface area contributed by atoms with Gasteiger partial charge in [-0.15, -0.1) is 0 Å². The van der Waals surface area contributed by atoms with E-state index >= 15 is 0 Å². The lowest BCUT2D eigenvalue weighted by Gasteiger charge is -1.96. The van der Waals surface area contributed by atoms with Crippen LogP contribution >= 0.6 is 0 Å². The maximum Gasteiger partial charge on any atom is 0.100 e. The third kappa shape index (κ3) is 84.6. The Labute approximate surface area is 89.9 Å². The average Bonchev–Trinajstić information content (AvgIpc) is 2.32. The molecule has 0 aliphatic rings. The molecule has 0 aliphatic carbocycles. The first kappa shape index (κ1) is 24.1. The number of aliphatic hydroxyl groups is 7. The molecule has 0 radical (unpaired) electrons. The number of hydrogen-bond acceptors (Lipinski definition) is 7. The summed E-state index contributed by atoms with van der Waals surface area (Å²) in [7, 11) is 1.00. The molecule has 0 fully saturated rings. The molecule has 0 unspecified atom stereocenters. The molecule has 15 heavy (non-hydrogen) atoms. The lowest BCUT2D eigenvalue weighted by molar-refractivity contribution is 0.0450. The minimum atomic E-state index is -0.954. The van der Waals surface area contributed by atoms with Gasteiger partial charge < -0.3 is 35.7 Å². The highest BCUT2D eigenvalue weighted by atomic mass is 16.3. The Balaban J connectivity index is -0.0000000590. The first-order valence-corrected chi connectivity index (χ1v) is 4.31. The Morgan fingerprint density at radius 2 is 1.00 bits per heavy atom. The lowest BCUT2D eigenvalue weighted by Crippen LogP contribution is -2.15. The van der Waals surface area contributed by atoms with E-state index in [1.54, 1.807) is 6.92 Å². The van der Waals surface area contributed by atoms with Crippen molar-refractivity contribution in [3.63, 3.8) is 0 Å². The third-order valence-corrected chi connectivity index (χ3v) is 0.521. The van der Waals surface area contributed by atoms with Crippen LogP contribution in [0, 0.1) is 0 Å². The molecule has 0 amide bonds. The van der Waals surface area contributed by atoms with Gasteiger partial charge in [-0.25, -0.2) is 0 Å². The van der Waals surface area contributed by atoms with Gasteiger partial charge in [-0.1, -0.05) is 0 Å². The number of rotatable bonds is 3. The highest BCUT2D eigenvalue weighted by molar-refractivity contribution is 4.43.